The summed E-state index contributed by atoms with van der Waals surface area (Å²) >= 11 is 0. The van der Waals surface area contributed by atoms with Gasteiger partial charge in [0.25, 0.3) is 5.91 Å². The zero-order valence-corrected chi connectivity index (χ0v) is 22.4. The monoisotopic (exact) mass is 533 g/mol. The van der Waals surface area contributed by atoms with E-state index in [9.17, 15) is 19.5 Å². The van der Waals surface area contributed by atoms with Crippen molar-refractivity contribution >= 4 is 17.8 Å². The minimum atomic E-state index is -1.16. The van der Waals surface area contributed by atoms with Crippen LogP contribution in [0.2, 0.25) is 0 Å². The number of aliphatic carboxylic acids is 1. The van der Waals surface area contributed by atoms with E-state index in [0.29, 0.717) is 40.5 Å². The predicted octanol–water partition coefficient (Wildman–Crippen LogP) is 5.69. The van der Waals surface area contributed by atoms with E-state index in [1.165, 1.54) is 26.4 Å². The van der Waals surface area contributed by atoms with Crippen LogP contribution in [0.25, 0.3) is 0 Å². The molecule has 0 spiro atoms. The lowest BCUT2D eigenvalue weighted by atomic mass is 10.1. The van der Waals surface area contributed by atoms with E-state index in [4.69, 9.17) is 14.2 Å². The van der Waals surface area contributed by atoms with E-state index >= 15 is 0 Å². The molecule has 0 aliphatic carbocycles. The lowest BCUT2D eigenvalue weighted by molar-refractivity contribution is -0.139. The zero-order valence-electron chi connectivity index (χ0n) is 22.4. The molecule has 39 heavy (non-hydrogen) atoms. The molecule has 0 saturated heterocycles. The highest BCUT2D eigenvalue weighted by Crippen LogP contribution is 2.18. The van der Waals surface area contributed by atoms with Gasteiger partial charge in [0.15, 0.2) is 0 Å². The van der Waals surface area contributed by atoms with Crippen molar-refractivity contribution < 1.29 is 33.7 Å². The molecule has 0 saturated carbocycles. The first-order valence-corrected chi connectivity index (χ1v) is 13.1. The van der Waals surface area contributed by atoms with E-state index in [1.807, 2.05) is 0 Å². The second kappa shape index (κ2) is 15.2. The van der Waals surface area contributed by atoms with Gasteiger partial charge in [-0.15, -0.1) is 0 Å². The number of benzene rings is 3. The van der Waals surface area contributed by atoms with Crippen LogP contribution in [0.15, 0.2) is 72.8 Å². The van der Waals surface area contributed by atoms with Crippen LogP contribution >= 0.6 is 0 Å². The normalized spacial score (nSPS) is 11.3. The number of carbonyl (C=O) groups excluding carboxylic acids is 2. The standard InChI is InChI=1S/C31H35NO7/c1-3-4-5-6-7-20-38-26-18-12-24(13-19-26)31(36)39-27-14-8-22(9-15-27)21-28(30(34)35)32-29(33)23-10-16-25(37-2)17-11-23/h8-19,28H,3-7,20-21H2,1-2H3,(H,32,33)(H,34,35). The third kappa shape index (κ3) is 9.48. The van der Waals surface area contributed by atoms with Crippen LogP contribution in [-0.2, 0) is 11.2 Å². The van der Waals surface area contributed by atoms with Crippen molar-refractivity contribution in [1.29, 1.82) is 0 Å². The molecule has 1 amide bonds. The number of carboxylic acids is 1. The van der Waals surface area contributed by atoms with Crippen molar-refractivity contribution in [1.82, 2.24) is 5.32 Å². The van der Waals surface area contributed by atoms with E-state index in [1.54, 1.807) is 72.8 Å². The van der Waals surface area contributed by atoms with Crippen LogP contribution in [0.5, 0.6) is 17.2 Å². The maximum absolute atomic E-state index is 12.5. The average Bonchev–Trinajstić information content (AvgIpc) is 2.95. The molecule has 206 valence electrons. The molecular formula is C31H35NO7. The van der Waals surface area contributed by atoms with Gasteiger partial charge in [-0.2, -0.15) is 0 Å². The number of nitrogens with one attached hydrogen (secondary N) is 1. The fourth-order valence-electron chi connectivity index (χ4n) is 3.86. The first-order valence-electron chi connectivity index (χ1n) is 13.1. The van der Waals surface area contributed by atoms with Crippen molar-refractivity contribution in [3.05, 3.63) is 89.5 Å². The van der Waals surface area contributed by atoms with Crippen molar-refractivity contribution in [3.63, 3.8) is 0 Å². The van der Waals surface area contributed by atoms with Gasteiger partial charge in [0.05, 0.1) is 19.3 Å². The van der Waals surface area contributed by atoms with E-state index in [-0.39, 0.29) is 6.42 Å². The molecule has 8 nitrogen and oxygen atoms in total. The van der Waals surface area contributed by atoms with Crippen molar-refractivity contribution in [2.75, 3.05) is 13.7 Å². The summed E-state index contributed by atoms with van der Waals surface area (Å²) in [6.07, 6.45) is 5.87. The summed E-state index contributed by atoms with van der Waals surface area (Å²) in [5.74, 6) is -0.542. The molecule has 0 heterocycles. The minimum Gasteiger partial charge on any atom is -0.497 e. The Bertz CT molecular complexity index is 1210. The minimum absolute atomic E-state index is 0.0610. The van der Waals surface area contributed by atoms with Crippen molar-refractivity contribution in [2.24, 2.45) is 0 Å². The summed E-state index contributed by atoms with van der Waals surface area (Å²) in [6.45, 7) is 2.83. The number of carbonyl (C=O) groups is 3. The van der Waals surface area contributed by atoms with Crippen LogP contribution in [0.1, 0.15) is 65.3 Å². The largest absolute Gasteiger partial charge is 0.497 e. The highest BCUT2D eigenvalue weighted by molar-refractivity contribution is 5.96. The van der Waals surface area contributed by atoms with Gasteiger partial charge in [-0.25, -0.2) is 9.59 Å². The summed E-state index contributed by atoms with van der Waals surface area (Å²) in [5, 5.41) is 12.2. The second-order valence-electron chi connectivity index (χ2n) is 9.12. The maximum atomic E-state index is 12.5. The number of carboxylic acid groups (broad SMARTS) is 1. The Morgan fingerprint density at radius 2 is 1.36 bits per heavy atom. The fourth-order valence-corrected chi connectivity index (χ4v) is 3.86. The van der Waals surface area contributed by atoms with Gasteiger partial charge in [0.2, 0.25) is 0 Å². The Kier molecular flexibility index (Phi) is 11.4. The molecule has 0 aliphatic heterocycles. The molecule has 0 aliphatic rings. The highest BCUT2D eigenvalue weighted by Gasteiger charge is 2.21. The Hall–Kier alpha value is -4.33. The number of amides is 1. The fraction of sp³-hybridized carbons (Fsp3) is 0.323. The molecule has 0 radical (unpaired) electrons. The molecule has 0 aromatic heterocycles. The lowest BCUT2D eigenvalue weighted by Gasteiger charge is -2.15. The van der Waals surface area contributed by atoms with Crippen molar-refractivity contribution in [3.8, 4) is 17.2 Å². The van der Waals surface area contributed by atoms with Crippen LogP contribution in [0.3, 0.4) is 0 Å². The summed E-state index contributed by atoms with van der Waals surface area (Å²) in [4.78, 5) is 36.8. The Balaban J connectivity index is 1.50. The summed E-state index contributed by atoms with van der Waals surface area (Å²) in [5.41, 5.74) is 1.38. The molecule has 3 rings (SSSR count). The Labute approximate surface area is 228 Å². The number of methoxy groups -OCH3 is 1. The molecule has 3 aromatic carbocycles. The quantitative estimate of drug-likeness (QED) is 0.147. The third-order valence-corrected chi connectivity index (χ3v) is 6.14. The highest BCUT2D eigenvalue weighted by atomic mass is 16.5. The van der Waals surface area contributed by atoms with Gasteiger partial charge in [-0.05, 0) is 72.6 Å². The van der Waals surface area contributed by atoms with Crippen LogP contribution in [0, 0.1) is 0 Å². The molecular weight excluding hydrogens is 498 g/mol. The van der Waals surface area contributed by atoms with Crippen LogP contribution in [-0.4, -0.2) is 42.7 Å². The van der Waals surface area contributed by atoms with Gasteiger partial charge in [-0.1, -0.05) is 44.7 Å². The number of hydrogen-bond donors (Lipinski definition) is 2. The number of unbranched alkanes of at least 4 members (excludes halogenated alkanes) is 4. The summed E-state index contributed by atoms with van der Waals surface area (Å²) in [6, 6.07) is 18.6. The smallest absolute Gasteiger partial charge is 0.343 e. The van der Waals surface area contributed by atoms with Gasteiger partial charge in [0, 0.05) is 12.0 Å². The third-order valence-electron chi connectivity index (χ3n) is 6.14. The van der Waals surface area contributed by atoms with Gasteiger partial charge >= 0.3 is 11.9 Å². The lowest BCUT2D eigenvalue weighted by Crippen LogP contribution is -2.42. The van der Waals surface area contributed by atoms with Crippen molar-refractivity contribution in [2.45, 2.75) is 51.5 Å². The predicted molar refractivity (Wildman–Crippen MR) is 148 cm³/mol. The first-order chi connectivity index (χ1) is 18.9. The summed E-state index contributed by atoms with van der Waals surface area (Å²) in [7, 11) is 1.52. The number of hydrogen-bond acceptors (Lipinski definition) is 6. The molecule has 0 bridgehead atoms. The Morgan fingerprint density at radius 3 is 1.97 bits per heavy atom. The molecule has 8 heteroatoms. The van der Waals surface area contributed by atoms with E-state index in [2.05, 4.69) is 12.2 Å². The van der Waals surface area contributed by atoms with Crippen LogP contribution in [0.4, 0.5) is 0 Å². The molecule has 1 unspecified atom stereocenters. The topological polar surface area (TPSA) is 111 Å². The molecule has 0 fully saturated rings. The van der Waals surface area contributed by atoms with Gasteiger partial charge in [0.1, 0.15) is 23.3 Å². The molecule has 3 aromatic rings. The van der Waals surface area contributed by atoms with Gasteiger partial charge < -0.3 is 24.6 Å². The zero-order chi connectivity index (χ0) is 28.0. The Morgan fingerprint density at radius 1 is 0.769 bits per heavy atom. The van der Waals surface area contributed by atoms with E-state index in [0.717, 1.165) is 12.8 Å². The number of rotatable bonds is 15. The number of esters is 1. The molecule has 2 N–H and O–H groups in total. The molecule has 1 atom stereocenters. The summed E-state index contributed by atoms with van der Waals surface area (Å²) < 4.78 is 16.3. The SMILES string of the molecule is CCCCCCCOc1ccc(C(=O)Oc2ccc(CC(NC(=O)c3ccc(OC)cc3)C(=O)O)cc2)cc1. The first kappa shape index (κ1) is 29.2. The van der Waals surface area contributed by atoms with Crippen LogP contribution < -0.4 is 19.5 Å². The maximum Gasteiger partial charge on any atom is 0.343 e. The number of ether oxygens (including phenoxy) is 3. The van der Waals surface area contributed by atoms with Gasteiger partial charge in [-0.3, -0.25) is 4.79 Å². The average molecular weight is 534 g/mol. The second-order valence-corrected chi connectivity index (χ2v) is 9.12. The van der Waals surface area contributed by atoms with E-state index < -0.39 is 23.9 Å².